The zero-order chi connectivity index (χ0) is 13.0. The molecule has 0 bridgehead atoms. The summed E-state index contributed by atoms with van der Waals surface area (Å²) in [7, 11) is 5.03. The molecule has 1 aromatic rings. The Kier molecular flexibility index (Phi) is 4.58. The Bertz CT molecular complexity index is 453. The lowest BCUT2D eigenvalue weighted by Gasteiger charge is -2.12. The number of aryl methyl sites for hydroxylation is 1. The summed E-state index contributed by atoms with van der Waals surface area (Å²) < 4.78 is 4.76. The van der Waals surface area contributed by atoms with E-state index in [9.17, 15) is 4.79 Å². The SMILES string of the molecule is COC(=O)C(=CN(C)C)c1ccc(C)cc1Cl. The fourth-order valence-corrected chi connectivity index (χ4v) is 1.78. The molecule has 0 saturated heterocycles. The maximum Gasteiger partial charge on any atom is 0.340 e. The number of halogens is 1. The number of benzene rings is 1. The molecule has 0 saturated carbocycles. The molecule has 0 N–H and O–H groups in total. The molecule has 1 rings (SSSR count). The van der Waals surface area contributed by atoms with Gasteiger partial charge in [0.2, 0.25) is 0 Å². The van der Waals surface area contributed by atoms with Gasteiger partial charge in [0.05, 0.1) is 12.7 Å². The summed E-state index contributed by atoms with van der Waals surface area (Å²) in [6.45, 7) is 1.95. The standard InChI is InChI=1S/C13H16ClNO2/c1-9-5-6-10(12(14)7-9)11(8-15(2)3)13(16)17-4/h5-8H,1-4H3. The largest absolute Gasteiger partial charge is 0.465 e. The van der Waals surface area contributed by atoms with Gasteiger partial charge in [0.1, 0.15) is 0 Å². The van der Waals surface area contributed by atoms with Gasteiger partial charge in [0, 0.05) is 30.9 Å². The minimum Gasteiger partial charge on any atom is -0.465 e. The molecule has 4 heteroatoms. The summed E-state index contributed by atoms with van der Waals surface area (Å²) in [5, 5.41) is 0.545. The summed E-state index contributed by atoms with van der Waals surface area (Å²) in [5.41, 5.74) is 2.17. The van der Waals surface area contributed by atoms with E-state index in [0.29, 0.717) is 16.2 Å². The fraction of sp³-hybridized carbons (Fsp3) is 0.308. The second kappa shape index (κ2) is 5.73. The Labute approximate surface area is 107 Å². The van der Waals surface area contributed by atoms with Crippen LogP contribution in [0.5, 0.6) is 0 Å². The second-order valence-electron chi connectivity index (χ2n) is 3.98. The molecular formula is C13H16ClNO2. The normalized spacial score (nSPS) is 11.2. The van der Waals surface area contributed by atoms with Gasteiger partial charge in [0.25, 0.3) is 0 Å². The number of methoxy groups -OCH3 is 1. The lowest BCUT2D eigenvalue weighted by molar-refractivity contribution is -0.133. The van der Waals surface area contributed by atoms with Gasteiger partial charge in [-0.25, -0.2) is 4.79 Å². The first-order valence-electron chi connectivity index (χ1n) is 5.18. The van der Waals surface area contributed by atoms with Crippen LogP contribution in [0.25, 0.3) is 5.57 Å². The van der Waals surface area contributed by atoms with E-state index < -0.39 is 5.97 Å². The highest BCUT2D eigenvalue weighted by molar-refractivity contribution is 6.34. The number of rotatable bonds is 3. The summed E-state index contributed by atoms with van der Waals surface area (Å²) in [4.78, 5) is 13.5. The van der Waals surface area contributed by atoms with Crippen molar-refractivity contribution in [3.05, 3.63) is 40.5 Å². The monoisotopic (exact) mass is 253 g/mol. The molecule has 3 nitrogen and oxygen atoms in total. The first kappa shape index (κ1) is 13.6. The van der Waals surface area contributed by atoms with Crippen LogP contribution in [0.1, 0.15) is 11.1 Å². The van der Waals surface area contributed by atoms with Crippen LogP contribution < -0.4 is 0 Å². The molecule has 17 heavy (non-hydrogen) atoms. The van der Waals surface area contributed by atoms with Crippen molar-refractivity contribution in [3.63, 3.8) is 0 Å². The van der Waals surface area contributed by atoms with E-state index in [1.165, 1.54) is 7.11 Å². The predicted molar refractivity (Wildman–Crippen MR) is 69.9 cm³/mol. The molecule has 0 radical (unpaired) electrons. The summed E-state index contributed by atoms with van der Waals surface area (Å²) in [5.74, 6) is -0.399. The van der Waals surface area contributed by atoms with Gasteiger partial charge in [-0.1, -0.05) is 23.7 Å². The van der Waals surface area contributed by atoms with Gasteiger partial charge in [0.15, 0.2) is 0 Å². The Hall–Kier alpha value is -1.48. The van der Waals surface area contributed by atoms with Gasteiger partial charge >= 0.3 is 5.97 Å². The lowest BCUT2D eigenvalue weighted by atomic mass is 10.0. The van der Waals surface area contributed by atoms with E-state index in [1.54, 1.807) is 11.1 Å². The third-order valence-electron chi connectivity index (χ3n) is 2.21. The van der Waals surface area contributed by atoms with Crippen molar-refractivity contribution in [2.24, 2.45) is 0 Å². The molecule has 0 amide bonds. The van der Waals surface area contributed by atoms with Crippen molar-refractivity contribution >= 4 is 23.1 Å². The highest BCUT2D eigenvalue weighted by Crippen LogP contribution is 2.26. The number of ether oxygens (including phenoxy) is 1. The van der Waals surface area contributed by atoms with Crippen LogP contribution in [0.15, 0.2) is 24.4 Å². The maximum atomic E-state index is 11.7. The van der Waals surface area contributed by atoms with E-state index in [1.807, 2.05) is 39.2 Å². The van der Waals surface area contributed by atoms with Gasteiger partial charge in [-0.3, -0.25) is 0 Å². The predicted octanol–water partition coefficient (Wildman–Crippen LogP) is 2.72. The van der Waals surface area contributed by atoms with Crippen molar-refractivity contribution in [3.8, 4) is 0 Å². The molecule has 0 unspecified atom stereocenters. The number of nitrogens with zero attached hydrogens (tertiary/aromatic N) is 1. The zero-order valence-corrected chi connectivity index (χ0v) is 11.2. The molecule has 1 aromatic carbocycles. The minimum atomic E-state index is -0.399. The van der Waals surface area contributed by atoms with Crippen molar-refractivity contribution in [2.45, 2.75) is 6.92 Å². The first-order valence-corrected chi connectivity index (χ1v) is 5.56. The first-order chi connectivity index (χ1) is 7.95. The van der Waals surface area contributed by atoms with Crippen LogP contribution in [0.3, 0.4) is 0 Å². The second-order valence-corrected chi connectivity index (χ2v) is 4.39. The average molecular weight is 254 g/mol. The van der Waals surface area contributed by atoms with Gasteiger partial charge < -0.3 is 9.64 Å². The Morgan fingerprint density at radius 2 is 2.06 bits per heavy atom. The average Bonchev–Trinajstić information content (AvgIpc) is 2.25. The molecule has 0 aromatic heterocycles. The molecule has 0 fully saturated rings. The van der Waals surface area contributed by atoms with Crippen LogP contribution in [-0.4, -0.2) is 32.1 Å². The topological polar surface area (TPSA) is 29.5 Å². The van der Waals surface area contributed by atoms with Crippen molar-refractivity contribution in [1.82, 2.24) is 4.90 Å². The zero-order valence-electron chi connectivity index (χ0n) is 10.5. The molecule has 0 heterocycles. The van der Waals surface area contributed by atoms with Crippen LogP contribution in [0.2, 0.25) is 5.02 Å². The van der Waals surface area contributed by atoms with E-state index in [-0.39, 0.29) is 0 Å². The van der Waals surface area contributed by atoms with E-state index >= 15 is 0 Å². The Balaban J connectivity index is 3.27. The number of hydrogen-bond donors (Lipinski definition) is 0. The summed E-state index contributed by atoms with van der Waals surface area (Å²) in [6.07, 6.45) is 1.70. The van der Waals surface area contributed by atoms with Crippen LogP contribution in [0.4, 0.5) is 0 Å². The van der Waals surface area contributed by atoms with E-state index in [4.69, 9.17) is 16.3 Å². The van der Waals surface area contributed by atoms with Crippen LogP contribution >= 0.6 is 11.6 Å². The van der Waals surface area contributed by atoms with Gasteiger partial charge in [-0.2, -0.15) is 0 Å². The molecular weight excluding hydrogens is 238 g/mol. The molecule has 0 aliphatic carbocycles. The van der Waals surface area contributed by atoms with Crippen LogP contribution in [-0.2, 0) is 9.53 Å². The summed E-state index contributed by atoms with van der Waals surface area (Å²) in [6, 6.07) is 5.56. The Morgan fingerprint density at radius 1 is 1.41 bits per heavy atom. The molecule has 0 atom stereocenters. The van der Waals surface area contributed by atoms with E-state index in [2.05, 4.69) is 0 Å². The number of carbonyl (C=O) groups excluding carboxylic acids is 1. The molecule has 0 aliphatic rings. The highest BCUT2D eigenvalue weighted by atomic mass is 35.5. The van der Waals surface area contributed by atoms with Gasteiger partial charge in [-0.05, 0) is 18.6 Å². The fourth-order valence-electron chi connectivity index (χ4n) is 1.44. The van der Waals surface area contributed by atoms with Crippen molar-refractivity contribution in [1.29, 1.82) is 0 Å². The van der Waals surface area contributed by atoms with E-state index in [0.717, 1.165) is 5.56 Å². The third kappa shape index (κ3) is 3.49. The number of carbonyl (C=O) groups is 1. The molecule has 0 aliphatic heterocycles. The lowest BCUT2D eigenvalue weighted by Crippen LogP contribution is -2.10. The molecule has 92 valence electrons. The minimum absolute atomic E-state index is 0.399. The van der Waals surface area contributed by atoms with Crippen molar-refractivity contribution < 1.29 is 9.53 Å². The van der Waals surface area contributed by atoms with Crippen molar-refractivity contribution in [2.75, 3.05) is 21.2 Å². The molecule has 0 spiro atoms. The summed E-state index contributed by atoms with van der Waals surface area (Å²) >= 11 is 6.14. The van der Waals surface area contributed by atoms with Gasteiger partial charge in [-0.15, -0.1) is 0 Å². The highest BCUT2D eigenvalue weighted by Gasteiger charge is 2.15. The number of esters is 1. The number of hydrogen-bond acceptors (Lipinski definition) is 3. The maximum absolute atomic E-state index is 11.7. The van der Waals surface area contributed by atoms with Crippen LogP contribution in [0, 0.1) is 6.92 Å². The quantitative estimate of drug-likeness (QED) is 0.613. The Morgan fingerprint density at radius 3 is 2.53 bits per heavy atom. The smallest absolute Gasteiger partial charge is 0.340 e. The third-order valence-corrected chi connectivity index (χ3v) is 2.52.